The maximum Gasteiger partial charge on any atom is 0.433 e. The quantitative estimate of drug-likeness (QED) is 0.349. The fraction of sp³-hybridized carbons (Fsp3) is 0.500. The van der Waals surface area contributed by atoms with Crippen molar-refractivity contribution in [1.82, 2.24) is 4.98 Å². The molecule has 0 amide bonds. The molecule has 1 saturated carbocycles. The van der Waals surface area contributed by atoms with E-state index in [1.807, 2.05) is 0 Å². The van der Waals surface area contributed by atoms with Crippen molar-refractivity contribution in [2.45, 2.75) is 32.5 Å². The number of halogens is 3. The predicted octanol–water partition coefficient (Wildman–Crippen LogP) is 3.10. The number of allylic oxidation sites excluding steroid dienone is 1. The molecule has 0 atom stereocenters. The summed E-state index contributed by atoms with van der Waals surface area (Å²) in [5.74, 6) is -1.89. The third-order valence-electron chi connectivity index (χ3n) is 4.05. The minimum atomic E-state index is -4.69. The molecule has 1 aliphatic rings. The van der Waals surface area contributed by atoms with Crippen LogP contribution >= 0.6 is 0 Å². The van der Waals surface area contributed by atoms with Gasteiger partial charge in [-0.3, -0.25) is 9.59 Å². The van der Waals surface area contributed by atoms with Crippen molar-refractivity contribution in [2.24, 2.45) is 5.92 Å². The Hall–Kier alpha value is -2.26. The summed E-state index contributed by atoms with van der Waals surface area (Å²) in [6.45, 7) is 1.70. The van der Waals surface area contributed by atoms with Gasteiger partial charge in [-0.25, -0.2) is 4.98 Å². The molecular weight excluding hydrogens is 367 g/mol. The summed E-state index contributed by atoms with van der Waals surface area (Å²) in [7, 11) is 1.44. The molecule has 1 fully saturated rings. The molecule has 0 radical (unpaired) electrons. The van der Waals surface area contributed by atoms with Crippen LogP contribution in [-0.4, -0.2) is 42.0 Å². The summed E-state index contributed by atoms with van der Waals surface area (Å²) in [5, 5.41) is 10.5. The molecule has 2 rings (SSSR count). The van der Waals surface area contributed by atoms with Gasteiger partial charge in [0.05, 0.1) is 25.5 Å². The molecule has 0 spiro atoms. The number of hydrogen-bond acceptors (Lipinski definition) is 6. The van der Waals surface area contributed by atoms with Gasteiger partial charge < -0.3 is 14.6 Å². The van der Waals surface area contributed by atoms with Crippen molar-refractivity contribution in [3.05, 3.63) is 34.7 Å². The number of methoxy groups -OCH3 is 1. The van der Waals surface area contributed by atoms with Gasteiger partial charge in [0.1, 0.15) is 17.0 Å². The topological polar surface area (TPSA) is 85.7 Å². The minimum Gasteiger partial charge on any atom is -0.506 e. The summed E-state index contributed by atoms with van der Waals surface area (Å²) in [6, 6.07) is 1.68. The number of aliphatic hydroxyl groups is 1. The Morgan fingerprint density at radius 2 is 1.85 bits per heavy atom. The molecule has 0 aromatic carbocycles. The number of nitrogens with zero attached hydrogens (tertiary/aromatic N) is 1. The average Bonchev–Trinajstić information content (AvgIpc) is 2.56. The van der Waals surface area contributed by atoms with Gasteiger partial charge in [0, 0.05) is 25.5 Å². The molecule has 148 valence electrons. The largest absolute Gasteiger partial charge is 0.506 e. The Bertz CT molecular complexity index is 738. The number of Topliss-reactive ketones (excluding diaryl/α,β-unsaturated/α-hetero) is 2. The average molecular weight is 387 g/mol. The Kier molecular flexibility index (Phi) is 6.72. The van der Waals surface area contributed by atoms with E-state index in [0.717, 1.165) is 6.07 Å². The summed E-state index contributed by atoms with van der Waals surface area (Å²) >= 11 is 0. The van der Waals surface area contributed by atoms with E-state index >= 15 is 0 Å². The SMILES string of the molecule is COCCOCc1nc(C(F)(F)F)ccc1C(O)=C1C(=O)CC(C)CC1=O. The molecule has 1 aromatic heterocycles. The zero-order valence-electron chi connectivity index (χ0n) is 14.9. The lowest BCUT2D eigenvalue weighted by Gasteiger charge is -2.20. The number of carbonyl (C=O) groups is 2. The standard InChI is InChI=1S/C18H20F3NO5/c1-10-7-13(23)16(14(24)8-10)17(25)11-3-4-15(18(19,20)21)22-12(11)9-27-6-5-26-2/h3-4,10,25H,5-9H2,1-2H3. The van der Waals surface area contributed by atoms with E-state index in [9.17, 15) is 27.9 Å². The second kappa shape index (κ2) is 8.62. The Balaban J connectivity index is 2.45. The van der Waals surface area contributed by atoms with Crippen LogP contribution in [0.2, 0.25) is 0 Å². The van der Waals surface area contributed by atoms with Gasteiger partial charge in [0.2, 0.25) is 0 Å². The highest BCUT2D eigenvalue weighted by atomic mass is 19.4. The van der Waals surface area contributed by atoms with E-state index in [1.54, 1.807) is 6.92 Å². The lowest BCUT2D eigenvalue weighted by Crippen LogP contribution is -2.26. The molecular formula is C18H20F3NO5. The number of ketones is 2. The van der Waals surface area contributed by atoms with Crippen molar-refractivity contribution in [1.29, 1.82) is 0 Å². The summed E-state index contributed by atoms with van der Waals surface area (Å²) < 4.78 is 48.9. The number of ether oxygens (including phenoxy) is 2. The normalized spacial score (nSPS) is 18.1. The van der Waals surface area contributed by atoms with Crippen LogP contribution in [0.25, 0.3) is 5.76 Å². The number of carbonyl (C=O) groups excluding carboxylic acids is 2. The third kappa shape index (κ3) is 5.14. The van der Waals surface area contributed by atoms with Gasteiger partial charge in [-0.05, 0) is 18.1 Å². The van der Waals surface area contributed by atoms with Gasteiger partial charge in [-0.1, -0.05) is 6.92 Å². The van der Waals surface area contributed by atoms with Crippen LogP contribution in [0.4, 0.5) is 13.2 Å². The number of pyridine rings is 1. The Labute approximate surface area is 154 Å². The molecule has 1 heterocycles. The van der Waals surface area contributed by atoms with Gasteiger partial charge >= 0.3 is 6.18 Å². The number of alkyl halides is 3. The first-order valence-electron chi connectivity index (χ1n) is 8.29. The van der Waals surface area contributed by atoms with Gasteiger partial charge in [-0.15, -0.1) is 0 Å². The van der Waals surface area contributed by atoms with Crippen LogP contribution in [0.15, 0.2) is 17.7 Å². The Morgan fingerprint density at radius 1 is 1.22 bits per heavy atom. The van der Waals surface area contributed by atoms with Gasteiger partial charge in [0.15, 0.2) is 11.6 Å². The molecule has 1 aliphatic carbocycles. The van der Waals surface area contributed by atoms with Crippen LogP contribution in [0.5, 0.6) is 0 Å². The first-order chi connectivity index (χ1) is 12.6. The first kappa shape index (κ1) is 21.0. The summed E-state index contributed by atoms with van der Waals surface area (Å²) in [5.41, 5.74) is -1.91. The van der Waals surface area contributed by atoms with Crippen molar-refractivity contribution >= 4 is 17.3 Å². The van der Waals surface area contributed by atoms with Crippen LogP contribution in [-0.2, 0) is 31.8 Å². The second-order valence-corrected chi connectivity index (χ2v) is 6.32. The molecule has 0 unspecified atom stereocenters. The van der Waals surface area contributed by atoms with E-state index in [4.69, 9.17) is 9.47 Å². The van der Waals surface area contributed by atoms with E-state index < -0.39 is 34.8 Å². The zero-order chi connectivity index (χ0) is 20.2. The highest BCUT2D eigenvalue weighted by Gasteiger charge is 2.35. The smallest absolute Gasteiger partial charge is 0.433 e. The molecule has 0 bridgehead atoms. The number of hydrogen-bond donors (Lipinski definition) is 1. The maximum absolute atomic E-state index is 13.0. The highest BCUT2D eigenvalue weighted by Crippen LogP contribution is 2.32. The monoisotopic (exact) mass is 387 g/mol. The van der Waals surface area contributed by atoms with Crippen LogP contribution in [0.3, 0.4) is 0 Å². The van der Waals surface area contributed by atoms with E-state index in [2.05, 4.69) is 4.98 Å². The summed E-state index contributed by atoms with van der Waals surface area (Å²) in [4.78, 5) is 27.9. The fourth-order valence-electron chi connectivity index (χ4n) is 2.76. The highest BCUT2D eigenvalue weighted by molar-refractivity contribution is 6.26. The second-order valence-electron chi connectivity index (χ2n) is 6.32. The van der Waals surface area contributed by atoms with Gasteiger partial charge in [-0.2, -0.15) is 13.2 Å². The predicted molar refractivity (Wildman–Crippen MR) is 88.7 cm³/mol. The third-order valence-corrected chi connectivity index (χ3v) is 4.05. The van der Waals surface area contributed by atoms with Crippen LogP contribution < -0.4 is 0 Å². The van der Waals surface area contributed by atoms with Crippen molar-refractivity contribution < 1.29 is 37.3 Å². The van der Waals surface area contributed by atoms with Crippen molar-refractivity contribution in [3.63, 3.8) is 0 Å². The lowest BCUT2D eigenvalue weighted by molar-refractivity contribution is -0.141. The lowest BCUT2D eigenvalue weighted by atomic mass is 9.83. The number of rotatable bonds is 6. The fourth-order valence-corrected chi connectivity index (χ4v) is 2.76. The van der Waals surface area contributed by atoms with E-state index in [-0.39, 0.29) is 49.8 Å². The van der Waals surface area contributed by atoms with Gasteiger partial charge in [0.25, 0.3) is 0 Å². The number of aromatic nitrogens is 1. The molecule has 0 saturated heterocycles. The van der Waals surface area contributed by atoms with Crippen molar-refractivity contribution in [2.75, 3.05) is 20.3 Å². The van der Waals surface area contributed by atoms with E-state index in [0.29, 0.717) is 6.07 Å². The molecule has 6 nitrogen and oxygen atoms in total. The molecule has 0 aliphatic heterocycles. The molecule has 9 heteroatoms. The van der Waals surface area contributed by atoms with Crippen LogP contribution in [0.1, 0.15) is 36.7 Å². The first-order valence-corrected chi connectivity index (χ1v) is 8.29. The van der Waals surface area contributed by atoms with Crippen LogP contribution in [0, 0.1) is 5.92 Å². The minimum absolute atomic E-state index is 0.0822. The van der Waals surface area contributed by atoms with Crippen molar-refractivity contribution in [3.8, 4) is 0 Å². The Morgan fingerprint density at radius 3 is 2.41 bits per heavy atom. The maximum atomic E-state index is 13.0. The summed E-state index contributed by atoms with van der Waals surface area (Å²) in [6.07, 6.45) is -4.52. The molecule has 27 heavy (non-hydrogen) atoms. The molecule has 1 aromatic rings. The molecule has 1 N–H and O–H groups in total. The zero-order valence-corrected chi connectivity index (χ0v) is 14.9. The number of aliphatic hydroxyl groups excluding tert-OH is 1. The van der Waals surface area contributed by atoms with E-state index in [1.165, 1.54) is 7.11 Å².